The lowest BCUT2D eigenvalue weighted by Crippen LogP contribution is -2.02. The second-order valence-corrected chi connectivity index (χ2v) is 2.99. The van der Waals surface area contributed by atoms with Gasteiger partial charge in [-0.25, -0.2) is 0 Å². The highest BCUT2D eigenvalue weighted by Gasteiger charge is 2.11. The monoisotopic (exact) mass is 223 g/mol. The summed E-state index contributed by atoms with van der Waals surface area (Å²) in [4.78, 5) is 0. The molecular weight excluding hydrogens is 210 g/mol. The van der Waals surface area contributed by atoms with Gasteiger partial charge in [-0.1, -0.05) is 6.07 Å². The van der Waals surface area contributed by atoms with Crippen molar-refractivity contribution in [2.75, 3.05) is 21.0 Å². The molecule has 5 heteroatoms. The average Bonchev–Trinajstić information content (AvgIpc) is 2.34. The SMILES string of the molecule is COCOc1cc([C@@H](O)C#N)ccc1OC. The number of aliphatic hydroxyl groups is 1. The fourth-order valence-electron chi connectivity index (χ4n) is 1.17. The molecule has 0 bridgehead atoms. The van der Waals surface area contributed by atoms with E-state index in [1.807, 2.05) is 0 Å². The summed E-state index contributed by atoms with van der Waals surface area (Å²) in [5.74, 6) is 0.946. The first-order valence-corrected chi connectivity index (χ1v) is 4.60. The minimum Gasteiger partial charge on any atom is -0.493 e. The molecule has 0 aliphatic rings. The Balaban J connectivity index is 2.97. The average molecular weight is 223 g/mol. The van der Waals surface area contributed by atoms with Crippen LogP contribution in [0.3, 0.4) is 0 Å². The molecule has 1 atom stereocenters. The van der Waals surface area contributed by atoms with Crippen LogP contribution in [0.1, 0.15) is 11.7 Å². The van der Waals surface area contributed by atoms with Crippen molar-refractivity contribution in [3.05, 3.63) is 23.8 Å². The number of benzene rings is 1. The maximum Gasteiger partial charge on any atom is 0.188 e. The third-order valence-corrected chi connectivity index (χ3v) is 1.96. The van der Waals surface area contributed by atoms with Crippen molar-refractivity contribution in [2.24, 2.45) is 0 Å². The predicted octanol–water partition coefficient (Wildman–Crippen LogP) is 1.23. The molecule has 0 radical (unpaired) electrons. The number of ether oxygens (including phenoxy) is 3. The van der Waals surface area contributed by atoms with Gasteiger partial charge in [-0.15, -0.1) is 0 Å². The minimum absolute atomic E-state index is 0.0719. The van der Waals surface area contributed by atoms with Gasteiger partial charge in [-0.3, -0.25) is 0 Å². The van der Waals surface area contributed by atoms with E-state index in [1.54, 1.807) is 24.3 Å². The van der Waals surface area contributed by atoms with Gasteiger partial charge in [0.15, 0.2) is 24.4 Å². The van der Waals surface area contributed by atoms with Crippen LogP contribution in [0.4, 0.5) is 0 Å². The number of hydrogen-bond donors (Lipinski definition) is 1. The van der Waals surface area contributed by atoms with Crippen LogP contribution in [0.5, 0.6) is 11.5 Å². The molecule has 0 amide bonds. The fourth-order valence-corrected chi connectivity index (χ4v) is 1.17. The second kappa shape index (κ2) is 5.95. The van der Waals surface area contributed by atoms with Crippen LogP contribution in [0, 0.1) is 11.3 Å². The van der Waals surface area contributed by atoms with E-state index in [9.17, 15) is 5.11 Å². The summed E-state index contributed by atoms with van der Waals surface area (Å²) in [6.07, 6.45) is -1.17. The van der Waals surface area contributed by atoms with Crippen molar-refractivity contribution in [1.29, 1.82) is 5.26 Å². The number of nitriles is 1. The van der Waals surface area contributed by atoms with Crippen molar-refractivity contribution >= 4 is 0 Å². The van der Waals surface area contributed by atoms with Gasteiger partial charge in [0.2, 0.25) is 0 Å². The quantitative estimate of drug-likeness (QED) is 0.600. The number of hydrogen-bond acceptors (Lipinski definition) is 5. The predicted molar refractivity (Wildman–Crippen MR) is 56.1 cm³/mol. The van der Waals surface area contributed by atoms with Crippen LogP contribution in [0.25, 0.3) is 0 Å². The molecule has 0 aromatic heterocycles. The summed E-state index contributed by atoms with van der Waals surface area (Å²) in [5.41, 5.74) is 0.453. The molecule has 16 heavy (non-hydrogen) atoms. The Morgan fingerprint density at radius 2 is 2.12 bits per heavy atom. The number of methoxy groups -OCH3 is 2. The molecule has 1 N–H and O–H groups in total. The second-order valence-electron chi connectivity index (χ2n) is 2.99. The lowest BCUT2D eigenvalue weighted by molar-refractivity contribution is 0.0490. The Morgan fingerprint density at radius 3 is 2.69 bits per heavy atom. The molecule has 1 aromatic carbocycles. The van der Waals surface area contributed by atoms with Crippen molar-refractivity contribution in [3.63, 3.8) is 0 Å². The summed E-state index contributed by atoms with van der Waals surface area (Å²) in [6.45, 7) is 0.0719. The number of rotatable bonds is 5. The van der Waals surface area contributed by atoms with E-state index >= 15 is 0 Å². The molecule has 0 spiro atoms. The van der Waals surface area contributed by atoms with Gasteiger partial charge in [0.25, 0.3) is 0 Å². The molecular formula is C11H13NO4. The first-order chi connectivity index (χ1) is 7.72. The van der Waals surface area contributed by atoms with Gasteiger partial charge in [-0.2, -0.15) is 5.26 Å². The van der Waals surface area contributed by atoms with Crippen molar-refractivity contribution < 1.29 is 19.3 Å². The molecule has 1 rings (SSSR count). The van der Waals surface area contributed by atoms with E-state index in [-0.39, 0.29) is 6.79 Å². The van der Waals surface area contributed by atoms with E-state index in [2.05, 4.69) is 0 Å². The topological polar surface area (TPSA) is 71.7 Å². The summed E-state index contributed by atoms with van der Waals surface area (Å²) in [6, 6.07) is 6.51. The lowest BCUT2D eigenvalue weighted by atomic mass is 10.1. The third kappa shape index (κ3) is 2.86. The molecule has 0 unspecified atom stereocenters. The maximum atomic E-state index is 9.35. The molecule has 0 saturated carbocycles. The summed E-state index contributed by atoms with van der Waals surface area (Å²) < 4.78 is 15.1. The van der Waals surface area contributed by atoms with Crippen LogP contribution in [0.2, 0.25) is 0 Å². The Kier molecular flexibility index (Phi) is 4.58. The highest BCUT2D eigenvalue weighted by atomic mass is 16.7. The molecule has 0 fully saturated rings. The van der Waals surface area contributed by atoms with Crippen molar-refractivity contribution in [1.82, 2.24) is 0 Å². The van der Waals surface area contributed by atoms with Gasteiger partial charge in [0, 0.05) is 7.11 Å². The molecule has 0 aliphatic heterocycles. The summed E-state index contributed by atoms with van der Waals surface area (Å²) in [5, 5.41) is 17.9. The normalized spacial score (nSPS) is 11.6. The number of nitrogens with zero attached hydrogens (tertiary/aromatic N) is 1. The van der Waals surface area contributed by atoms with E-state index in [0.29, 0.717) is 17.1 Å². The van der Waals surface area contributed by atoms with Gasteiger partial charge in [-0.05, 0) is 17.7 Å². The van der Waals surface area contributed by atoms with Gasteiger partial charge >= 0.3 is 0 Å². The fraction of sp³-hybridized carbons (Fsp3) is 0.364. The largest absolute Gasteiger partial charge is 0.493 e. The van der Waals surface area contributed by atoms with Crippen LogP contribution < -0.4 is 9.47 Å². The van der Waals surface area contributed by atoms with Gasteiger partial charge in [0.05, 0.1) is 13.2 Å². The Morgan fingerprint density at radius 1 is 1.38 bits per heavy atom. The Labute approximate surface area is 93.8 Å². The zero-order valence-electron chi connectivity index (χ0n) is 9.14. The zero-order chi connectivity index (χ0) is 12.0. The zero-order valence-corrected chi connectivity index (χ0v) is 9.14. The van der Waals surface area contributed by atoms with Crippen molar-refractivity contribution in [2.45, 2.75) is 6.10 Å². The minimum atomic E-state index is -1.17. The molecule has 5 nitrogen and oxygen atoms in total. The Hall–Kier alpha value is -1.77. The van der Waals surface area contributed by atoms with Crippen molar-refractivity contribution in [3.8, 4) is 17.6 Å². The first kappa shape index (κ1) is 12.3. The molecule has 0 saturated heterocycles. The number of aliphatic hydroxyl groups excluding tert-OH is 1. The summed E-state index contributed by atoms with van der Waals surface area (Å²) >= 11 is 0. The van der Waals surface area contributed by atoms with E-state index in [0.717, 1.165) is 0 Å². The molecule has 0 aliphatic carbocycles. The van der Waals surface area contributed by atoms with E-state index < -0.39 is 6.10 Å². The van der Waals surface area contributed by atoms with Gasteiger partial charge in [0.1, 0.15) is 0 Å². The van der Waals surface area contributed by atoms with Crippen LogP contribution >= 0.6 is 0 Å². The molecule has 1 aromatic rings. The lowest BCUT2D eigenvalue weighted by Gasteiger charge is -2.11. The van der Waals surface area contributed by atoms with E-state index in [1.165, 1.54) is 14.2 Å². The van der Waals surface area contributed by atoms with Gasteiger partial charge < -0.3 is 19.3 Å². The van der Waals surface area contributed by atoms with Crippen LogP contribution in [-0.4, -0.2) is 26.1 Å². The summed E-state index contributed by atoms with van der Waals surface area (Å²) in [7, 11) is 3.01. The first-order valence-electron chi connectivity index (χ1n) is 4.60. The standard InChI is InChI=1S/C11H13NO4/c1-14-7-16-11-5-8(9(13)6-12)3-4-10(11)15-2/h3-5,9,13H,7H2,1-2H3/t9-/m0/s1. The smallest absolute Gasteiger partial charge is 0.188 e. The van der Waals surface area contributed by atoms with Crippen LogP contribution in [0.15, 0.2) is 18.2 Å². The molecule has 0 heterocycles. The highest BCUT2D eigenvalue weighted by molar-refractivity contribution is 5.44. The maximum absolute atomic E-state index is 9.35. The highest BCUT2D eigenvalue weighted by Crippen LogP contribution is 2.30. The van der Waals surface area contributed by atoms with Crippen LogP contribution in [-0.2, 0) is 4.74 Å². The Bertz CT molecular complexity index is 386. The molecule has 86 valence electrons. The third-order valence-electron chi connectivity index (χ3n) is 1.96. The van der Waals surface area contributed by atoms with E-state index in [4.69, 9.17) is 19.5 Å².